The van der Waals surface area contributed by atoms with Gasteiger partial charge in [-0.1, -0.05) is 18.2 Å². The molecule has 0 aliphatic carbocycles. The van der Waals surface area contributed by atoms with Crippen LogP contribution in [0, 0.1) is 11.7 Å². The van der Waals surface area contributed by atoms with Gasteiger partial charge in [0.15, 0.2) is 0 Å². The molecule has 0 radical (unpaired) electrons. The summed E-state index contributed by atoms with van der Waals surface area (Å²) in [6.07, 6.45) is 1.33. The predicted octanol–water partition coefficient (Wildman–Crippen LogP) is 2.44. The number of nitrogens with one attached hydrogen (secondary N) is 2. The van der Waals surface area contributed by atoms with Crippen LogP contribution >= 0.6 is 0 Å². The van der Waals surface area contributed by atoms with E-state index in [-0.39, 0.29) is 17.4 Å². The summed E-state index contributed by atoms with van der Waals surface area (Å²) in [5.41, 5.74) is 0.535. The molecule has 2 aromatic carbocycles. The summed E-state index contributed by atoms with van der Waals surface area (Å²) in [6, 6.07) is 12.7. The number of likely N-dealkylation sites (tertiary alicyclic amines) is 1. The van der Waals surface area contributed by atoms with Crippen molar-refractivity contribution in [3.05, 3.63) is 59.9 Å². The van der Waals surface area contributed by atoms with Crippen LogP contribution in [0.3, 0.4) is 0 Å². The number of benzene rings is 2. The highest BCUT2D eigenvalue weighted by atomic mass is 19.1. The van der Waals surface area contributed by atoms with Gasteiger partial charge in [0.25, 0.3) is 5.91 Å². The number of anilines is 1. The van der Waals surface area contributed by atoms with Crippen LogP contribution in [-0.2, 0) is 9.59 Å². The van der Waals surface area contributed by atoms with Crippen LogP contribution in [0.1, 0.15) is 23.2 Å². The van der Waals surface area contributed by atoms with Crippen molar-refractivity contribution in [1.29, 1.82) is 0 Å². The highest BCUT2D eigenvalue weighted by Gasteiger charge is 2.26. The van der Waals surface area contributed by atoms with Gasteiger partial charge in [0, 0.05) is 31.4 Å². The Labute approximate surface area is 174 Å². The van der Waals surface area contributed by atoms with Gasteiger partial charge in [-0.15, -0.1) is 0 Å². The van der Waals surface area contributed by atoms with Gasteiger partial charge >= 0.3 is 11.8 Å². The molecule has 0 bridgehead atoms. The van der Waals surface area contributed by atoms with E-state index >= 15 is 0 Å². The standard InChI is InChI=1S/C22H24FN3O4/c1-30-17-6-4-5-16(13-17)25-21(28)20(27)24-14-15-9-11-26(12-10-15)22(29)18-7-2-3-8-19(18)23/h2-8,13,15H,9-12,14H2,1H3,(H,24,27)(H,25,28). The van der Waals surface area contributed by atoms with Crippen LogP contribution in [0.4, 0.5) is 10.1 Å². The van der Waals surface area contributed by atoms with Crippen molar-refractivity contribution in [2.45, 2.75) is 12.8 Å². The van der Waals surface area contributed by atoms with E-state index in [4.69, 9.17) is 4.74 Å². The number of carbonyl (C=O) groups excluding carboxylic acids is 3. The number of piperidine rings is 1. The summed E-state index contributed by atoms with van der Waals surface area (Å²) >= 11 is 0. The van der Waals surface area contributed by atoms with Gasteiger partial charge in [0.1, 0.15) is 11.6 Å². The summed E-state index contributed by atoms with van der Waals surface area (Å²) < 4.78 is 18.9. The van der Waals surface area contributed by atoms with Gasteiger partial charge < -0.3 is 20.3 Å². The molecule has 30 heavy (non-hydrogen) atoms. The van der Waals surface area contributed by atoms with E-state index in [1.807, 2.05) is 0 Å². The zero-order valence-corrected chi connectivity index (χ0v) is 16.7. The van der Waals surface area contributed by atoms with E-state index in [0.29, 0.717) is 43.9 Å². The molecule has 7 nitrogen and oxygen atoms in total. The lowest BCUT2D eigenvalue weighted by Gasteiger charge is -2.32. The Morgan fingerprint density at radius 1 is 1.07 bits per heavy atom. The topological polar surface area (TPSA) is 87.7 Å². The molecule has 158 valence electrons. The Morgan fingerprint density at radius 2 is 1.80 bits per heavy atom. The minimum Gasteiger partial charge on any atom is -0.497 e. The largest absolute Gasteiger partial charge is 0.497 e. The fourth-order valence-corrected chi connectivity index (χ4v) is 3.35. The number of rotatable bonds is 5. The monoisotopic (exact) mass is 413 g/mol. The van der Waals surface area contributed by atoms with Crippen LogP contribution in [0.25, 0.3) is 0 Å². The molecule has 0 unspecified atom stereocenters. The Balaban J connectivity index is 1.43. The normalized spacial score (nSPS) is 14.1. The number of nitrogens with zero attached hydrogens (tertiary/aromatic N) is 1. The Bertz CT molecular complexity index is 926. The lowest BCUT2D eigenvalue weighted by Crippen LogP contribution is -2.43. The first kappa shape index (κ1) is 21.3. The number of hydrogen-bond acceptors (Lipinski definition) is 4. The Morgan fingerprint density at radius 3 is 2.50 bits per heavy atom. The molecule has 1 fully saturated rings. The molecule has 3 rings (SSSR count). The molecule has 1 aliphatic rings. The average molecular weight is 413 g/mol. The number of ether oxygens (including phenoxy) is 1. The van der Waals surface area contributed by atoms with Crippen LogP contribution in [0.5, 0.6) is 5.75 Å². The van der Waals surface area contributed by atoms with Gasteiger partial charge in [-0.3, -0.25) is 14.4 Å². The molecular weight excluding hydrogens is 389 g/mol. The third-order valence-corrected chi connectivity index (χ3v) is 5.09. The minimum absolute atomic E-state index is 0.0680. The van der Waals surface area contributed by atoms with Crippen molar-refractivity contribution in [2.24, 2.45) is 5.92 Å². The maximum absolute atomic E-state index is 13.8. The number of halogens is 1. The van der Waals surface area contributed by atoms with E-state index in [9.17, 15) is 18.8 Å². The van der Waals surface area contributed by atoms with E-state index in [2.05, 4.69) is 10.6 Å². The van der Waals surface area contributed by atoms with Crippen LogP contribution < -0.4 is 15.4 Å². The van der Waals surface area contributed by atoms with Crippen molar-refractivity contribution in [1.82, 2.24) is 10.2 Å². The van der Waals surface area contributed by atoms with E-state index in [1.165, 1.54) is 19.2 Å². The molecule has 1 saturated heterocycles. The number of amides is 3. The molecule has 1 aliphatic heterocycles. The highest BCUT2D eigenvalue weighted by Crippen LogP contribution is 2.20. The minimum atomic E-state index is -0.754. The molecule has 0 aromatic heterocycles. The van der Waals surface area contributed by atoms with E-state index < -0.39 is 17.6 Å². The quantitative estimate of drug-likeness (QED) is 0.737. The van der Waals surface area contributed by atoms with Gasteiger partial charge in [-0.25, -0.2) is 4.39 Å². The molecule has 2 aromatic rings. The Hall–Kier alpha value is -3.42. The van der Waals surface area contributed by atoms with Gasteiger partial charge in [-0.05, 0) is 43.0 Å². The third kappa shape index (κ3) is 5.34. The molecule has 0 atom stereocenters. The van der Waals surface area contributed by atoms with Gasteiger partial charge in [-0.2, -0.15) is 0 Å². The summed E-state index contributed by atoms with van der Waals surface area (Å²) in [6.45, 7) is 1.29. The van der Waals surface area contributed by atoms with Crippen molar-refractivity contribution < 1.29 is 23.5 Å². The lowest BCUT2D eigenvalue weighted by molar-refractivity contribution is -0.136. The molecule has 2 N–H and O–H groups in total. The first-order chi connectivity index (χ1) is 14.5. The summed E-state index contributed by atoms with van der Waals surface area (Å²) in [4.78, 5) is 38.2. The lowest BCUT2D eigenvalue weighted by atomic mass is 9.96. The highest BCUT2D eigenvalue weighted by molar-refractivity contribution is 6.39. The van der Waals surface area contributed by atoms with Crippen molar-refractivity contribution in [3.8, 4) is 5.75 Å². The van der Waals surface area contributed by atoms with Crippen LogP contribution in [-0.4, -0.2) is 49.4 Å². The van der Waals surface area contributed by atoms with E-state index in [0.717, 1.165) is 0 Å². The van der Waals surface area contributed by atoms with Crippen molar-refractivity contribution >= 4 is 23.4 Å². The predicted molar refractivity (Wildman–Crippen MR) is 110 cm³/mol. The van der Waals surface area contributed by atoms with Crippen molar-refractivity contribution in [2.75, 3.05) is 32.1 Å². The fourth-order valence-electron chi connectivity index (χ4n) is 3.35. The third-order valence-electron chi connectivity index (χ3n) is 5.09. The van der Waals surface area contributed by atoms with Crippen LogP contribution in [0.15, 0.2) is 48.5 Å². The van der Waals surface area contributed by atoms with Crippen LogP contribution in [0.2, 0.25) is 0 Å². The second kappa shape index (κ2) is 9.87. The molecule has 1 heterocycles. The zero-order valence-electron chi connectivity index (χ0n) is 16.7. The number of methoxy groups -OCH3 is 1. The second-order valence-corrected chi connectivity index (χ2v) is 7.11. The zero-order chi connectivity index (χ0) is 21.5. The van der Waals surface area contributed by atoms with Gasteiger partial charge in [0.05, 0.1) is 12.7 Å². The number of carbonyl (C=O) groups is 3. The smallest absolute Gasteiger partial charge is 0.313 e. The molecular formula is C22H24FN3O4. The fraction of sp³-hybridized carbons (Fsp3) is 0.318. The first-order valence-electron chi connectivity index (χ1n) is 9.75. The molecule has 0 saturated carbocycles. The second-order valence-electron chi connectivity index (χ2n) is 7.11. The molecule has 0 spiro atoms. The number of hydrogen-bond donors (Lipinski definition) is 2. The first-order valence-corrected chi connectivity index (χ1v) is 9.75. The maximum Gasteiger partial charge on any atom is 0.313 e. The summed E-state index contributed by atoms with van der Waals surface area (Å²) in [5.74, 6) is -1.61. The Kier molecular flexibility index (Phi) is 7.00. The SMILES string of the molecule is COc1cccc(NC(=O)C(=O)NCC2CCN(C(=O)c3ccccc3F)CC2)c1. The molecule has 8 heteroatoms. The molecule has 3 amide bonds. The van der Waals surface area contributed by atoms with Gasteiger partial charge in [0.2, 0.25) is 0 Å². The summed E-state index contributed by atoms with van der Waals surface area (Å²) in [5, 5.41) is 5.17. The summed E-state index contributed by atoms with van der Waals surface area (Å²) in [7, 11) is 1.52. The average Bonchev–Trinajstić information content (AvgIpc) is 2.77. The maximum atomic E-state index is 13.8. The van der Waals surface area contributed by atoms with E-state index in [1.54, 1.807) is 41.3 Å². The van der Waals surface area contributed by atoms with Crippen molar-refractivity contribution in [3.63, 3.8) is 0 Å².